The van der Waals surface area contributed by atoms with Crippen LogP contribution in [0.5, 0.6) is 5.75 Å². The number of rotatable bonds is 9. The molecule has 0 aliphatic heterocycles. The van der Waals surface area contributed by atoms with E-state index in [0.29, 0.717) is 27.2 Å². The van der Waals surface area contributed by atoms with E-state index < -0.39 is 21.3 Å². The molecule has 0 radical (unpaired) electrons. The largest absolute Gasteiger partial charge is 0.489 e. The predicted molar refractivity (Wildman–Crippen MR) is 134 cm³/mol. The Morgan fingerprint density at radius 2 is 1.74 bits per heavy atom. The zero-order chi connectivity index (χ0) is 25.3. The first kappa shape index (κ1) is 26.2. The van der Waals surface area contributed by atoms with E-state index in [2.05, 4.69) is 9.71 Å². The summed E-state index contributed by atoms with van der Waals surface area (Å²) in [6.45, 7) is 4.28. The molecule has 0 bridgehead atoms. The summed E-state index contributed by atoms with van der Waals surface area (Å²) in [5.74, 6) is -0.122. The van der Waals surface area contributed by atoms with Crippen LogP contribution >= 0.6 is 34.8 Å². The van der Waals surface area contributed by atoms with Crippen molar-refractivity contribution in [3.05, 3.63) is 63.3 Å². The summed E-state index contributed by atoms with van der Waals surface area (Å²) in [6, 6.07) is 10.3. The Morgan fingerprint density at radius 3 is 2.24 bits per heavy atom. The molecule has 0 spiro atoms. The Kier molecular flexibility index (Phi) is 7.72. The number of nitrogens with zero attached hydrogens (tertiary/aromatic N) is 1. The number of anilines is 1. The van der Waals surface area contributed by atoms with E-state index >= 15 is 0 Å². The molecule has 34 heavy (non-hydrogen) atoms. The SMILES string of the molecule is CC(C)(c1ccc(-c2oc(NS(C)(=O)=O)nc2C(N)=O)cc1)c1cc(Cl)c(OCCCl)c(Cl)c1. The van der Waals surface area contributed by atoms with Crippen LogP contribution in [0.25, 0.3) is 11.3 Å². The number of primary amides is 1. The summed E-state index contributed by atoms with van der Waals surface area (Å²) in [7, 11) is -3.66. The number of halogens is 3. The second-order valence-electron chi connectivity index (χ2n) is 7.94. The van der Waals surface area contributed by atoms with Gasteiger partial charge in [0.05, 0.1) is 22.2 Å². The zero-order valence-electron chi connectivity index (χ0n) is 18.5. The number of amides is 1. The molecule has 1 aromatic heterocycles. The van der Waals surface area contributed by atoms with Gasteiger partial charge in [-0.25, -0.2) is 13.1 Å². The first-order valence-corrected chi connectivity index (χ1v) is 13.1. The third kappa shape index (κ3) is 5.78. The van der Waals surface area contributed by atoms with Crippen LogP contribution < -0.4 is 15.2 Å². The molecule has 12 heteroatoms. The summed E-state index contributed by atoms with van der Waals surface area (Å²) >= 11 is 18.5. The van der Waals surface area contributed by atoms with E-state index in [1.165, 1.54) is 0 Å². The highest BCUT2D eigenvalue weighted by Crippen LogP contribution is 2.41. The van der Waals surface area contributed by atoms with Crippen LogP contribution in [0.4, 0.5) is 6.01 Å². The third-order valence-corrected chi connectivity index (χ3v) is 6.31. The fraction of sp³-hybridized carbons (Fsp3) is 0.273. The van der Waals surface area contributed by atoms with Crippen LogP contribution in [0.15, 0.2) is 40.8 Å². The average molecular weight is 547 g/mol. The number of alkyl halides is 1. The highest BCUT2D eigenvalue weighted by Gasteiger charge is 2.27. The molecule has 3 aromatic rings. The van der Waals surface area contributed by atoms with Crippen molar-refractivity contribution in [2.45, 2.75) is 19.3 Å². The van der Waals surface area contributed by atoms with E-state index in [9.17, 15) is 13.2 Å². The molecule has 3 rings (SSSR count). The van der Waals surface area contributed by atoms with Gasteiger partial charge in [-0.1, -0.05) is 61.3 Å². The fourth-order valence-corrected chi connectivity index (χ4v) is 4.37. The second-order valence-corrected chi connectivity index (χ2v) is 10.9. The van der Waals surface area contributed by atoms with E-state index in [1.54, 1.807) is 24.3 Å². The maximum Gasteiger partial charge on any atom is 0.309 e. The molecule has 1 heterocycles. The second kappa shape index (κ2) is 10.0. The number of oxazole rings is 1. The molecule has 2 aromatic carbocycles. The summed E-state index contributed by atoms with van der Waals surface area (Å²) < 4.78 is 36.0. The molecule has 1 amide bonds. The quantitative estimate of drug-likeness (QED) is 0.361. The summed E-state index contributed by atoms with van der Waals surface area (Å²) in [5, 5.41) is 0.743. The van der Waals surface area contributed by atoms with Crippen molar-refractivity contribution in [3.8, 4) is 17.1 Å². The van der Waals surface area contributed by atoms with E-state index in [4.69, 9.17) is 49.7 Å². The van der Waals surface area contributed by atoms with Gasteiger partial charge >= 0.3 is 6.01 Å². The number of sulfonamides is 1. The molecule has 0 saturated carbocycles. The smallest absolute Gasteiger partial charge is 0.309 e. The molecular weight excluding hydrogens is 525 g/mol. The standard InChI is InChI=1S/C22H22Cl3N3O5S/c1-22(2,14-10-15(24)19(16(25)11-14)32-9-8-23)13-6-4-12(5-7-13)18-17(20(26)29)27-21(33-18)28-34(3,30)31/h4-7,10-11H,8-9H2,1-3H3,(H2,26,29)(H,27,28). The number of hydrogen-bond acceptors (Lipinski definition) is 6. The highest BCUT2D eigenvalue weighted by atomic mass is 35.5. The molecule has 8 nitrogen and oxygen atoms in total. The molecule has 3 N–H and O–H groups in total. The van der Waals surface area contributed by atoms with Crippen molar-refractivity contribution >= 4 is 56.7 Å². The Labute approximate surface area is 212 Å². The van der Waals surface area contributed by atoms with Crippen LogP contribution in [-0.4, -0.2) is 38.1 Å². The zero-order valence-corrected chi connectivity index (χ0v) is 21.6. The normalized spacial score (nSPS) is 11.9. The average Bonchev–Trinajstić information content (AvgIpc) is 3.15. The van der Waals surface area contributed by atoms with E-state index in [1.807, 2.05) is 26.0 Å². The lowest BCUT2D eigenvalue weighted by atomic mass is 9.78. The monoisotopic (exact) mass is 545 g/mol. The van der Waals surface area contributed by atoms with Crippen LogP contribution in [0.3, 0.4) is 0 Å². The summed E-state index contributed by atoms with van der Waals surface area (Å²) in [5.41, 5.74) is 6.95. The molecule has 0 unspecified atom stereocenters. The van der Waals surface area contributed by atoms with Gasteiger partial charge in [0.1, 0.15) is 6.61 Å². The van der Waals surface area contributed by atoms with Crippen molar-refractivity contribution in [3.63, 3.8) is 0 Å². The molecule has 0 aliphatic rings. The number of nitrogens with one attached hydrogen (secondary N) is 1. The minimum Gasteiger partial charge on any atom is -0.489 e. The number of benzene rings is 2. The van der Waals surface area contributed by atoms with Crippen LogP contribution in [-0.2, 0) is 15.4 Å². The first-order valence-electron chi connectivity index (χ1n) is 9.91. The Morgan fingerprint density at radius 1 is 1.15 bits per heavy atom. The summed E-state index contributed by atoms with van der Waals surface area (Å²) in [6.07, 6.45) is 0.937. The molecule has 0 saturated heterocycles. The van der Waals surface area contributed by atoms with Crippen molar-refractivity contribution in [2.24, 2.45) is 5.73 Å². The van der Waals surface area contributed by atoms with E-state index in [-0.39, 0.29) is 24.1 Å². The molecule has 0 fully saturated rings. The van der Waals surface area contributed by atoms with Gasteiger partial charge in [-0.05, 0) is 23.3 Å². The van der Waals surface area contributed by atoms with Gasteiger partial charge < -0.3 is 14.9 Å². The van der Waals surface area contributed by atoms with Crippen LogP contribution in [0, 0.1) is 0 Å². The number of nitrogens with two attached hydrogens (primary N) is 1. The maximum atomic E-state index is 11.8. The van der Waals surface area contributed by atoms with Gasteiger partial charge in [0, 0.05) is 11.0 Å². The summed E-state index contributed by atoms with van der Waals surface area (Å²) in [4.78, 5) is 15.7. The van der Waals surface area contributed by atoms with Crippen LogP contribution in [0.1, 0.15) is 35.5 Å². The van der Waals surface area contributed by atoms with Crippen molar-refractivity contribution in [2.75, 3.05) is 23.5 Å². The minimum atomic E-state index is -3.66. The number of carbonyl (C=O) groups excluding carboxylic acids is 1. The molecule has 182 valence electrons. The third-order valence-electron chi connectivity index (χ3n) is 5.05. The lowest BCUT2D eigenvalue weighted by Crippen LogP contribution is -2.19. The van der Waals surface area contributed by atoms with Crippen molar-refractivity contribution in [1.82, 2.24) is 4.98 Å². The number of carbonyl (C=O) groups is 1. The Balaban J connectivity index is 1.96. The van der Waals surface area contributed by atoms with Gasteiger partial charge in [0.2, 0.25) is 10.0 Å². The number of aromatic nitrogens is 1. The number of ether oxygens (including phenoxy) is 1. The van der Waals surface area contributed by atoms with Gasteiger partial charge in [0.25, 0.3) is 5.91 Å². The van der Waals surface area contributed by atoms with Crippen molar-refractivity contribution < 1.29 is 22.4 Å². The lowest BCUT2D eigenvalue weighted by molar-refractivity contribution is 0.0996. The van der Waals surface area contributed by atoms with Gasteiger partial charge in [-0.2, -0.15) is 4.98 Å². The Bertz CT molecular complexity index is 1300. The molecule has 0 atom stereocenters. The molecular formula is C22H22Cl3N3O5S. The fourth-order valence-electron chi connectivity index (χ4n) is 3.29. The maximum absolute atomic E-state index is 11.8. The predicted octanol–water partition coefficient (Wildman–Crippen LogP) is 5.06. The van der Waals surface area contributed by atoms with Crippen LogP contribution in [0.2, 0.25) is 10.0 Å². The van der Waals surface area contributed by atoms with E-state index in [0.717, 1.165) is 17.4 Å². The lowest BCUT2D eigenvalue weighted by Gasteiger charge is -2.27. The van der Waals surface area contributed by atoms with Gasteiger partial charge in [0.15, 0.2) is 17.2 Å². The van der Waals surface area contributed by atoms with Crippen molar-refractivity contribution in [1.29, 1.82) is 0 Å². The molecule has 0 aliphatic carbocycles. The Hall–Kier alpha value is -2.46. The first-order chi connectivity index (χ1) is 15.8. The number of hydrogen-bond donors (Lipinski definition) is 2. The topological polar surface area (TPSA) is 125 Å². The van der Waals surface area contributed by atoms with Gasteiger partial charge in [-0.3, -0.25) is 4.79 Å². The minimum absolute atomic E-state index is 0.0508. The highest BCUT2D eigenvalue weighted by molar-refractivity contribution is 7.91. The van der Waals surface area contributed by atoms with Gasteiger partial charge in [-0.15, -0.1) is 11.6 Å².